The molecule has 0 bridgehead atoms. The van der Waals surface area contributed by atoms with Crippen molar-refractivity contribution >= 4 is 39.8 Å². The van der Waals surface area contributed by atoms with Crippen molar-refractivity contribution in [2.45, 2.75) is 20.4 Å². The molecular formula is C24H25ClN2O4S. The number of benzene rings is 2. The number of ether oxygens (including phenoxy) is 2. The maximum atomic E-state index is 13.2. The van der Waals surface area contributed by atoms with Gasteiger partial charge in [-0.3, -0.25) is 9.59 Å². The number of hydrogen-bond donors (Lipinski definition) is 1. The van der Waals surface area contributed by atoms with Gasteiger partial charge in [-0.1, -0.05) is 29.8 Å². The van der Waals surface area contributed by atoms with Gasteiger partial charge in [-0.2, -0.15) is 0 Å². The number of halogens is 1. The Morgan fingerprint density at radius 3 is 2.44 bits per heavy atom. The second-order valence-electron chi connectivity index (χ2n) is 7.07. The van der Waals surface area contributed by atoms with Gasteiger partial charge in [-0.05, 0) is 55.3 Å². The molecule has 32 heavy (non-hydrogen) atoms. The van der Waals surface area contributed by atoms with Crippen LogP contribution in [-0.4, -0.2) is 37.5 Å². The zero-order valence-corrected chi connectivity index (χ0v) is 20.0. The summed E-state index contributed by atoms with van der Waals surface area (Å²) in [6, 6.07) is 14.2. The Morgan fingerprint density at radius 2 is 1.78 bits per heavy atom. The highest BCUT2D eigenvalue weighted by Gasteiger charge is 2.21. The first-order chi connectivity index (χ1) is 15.4. The van der Waals surface area contributed by atoms with Crippen LogP contribution < -0.4 is 14.8 Å². The number of carbonyl (C=O) groups excluding carboxylic acids is 2. The van der Waals surface area contributed by atoms with Gasteiger partial charge in [0.25, 0.3) is 11.8 Å². The van der Waals surface area contributed by atoms with Crippen LogP contribution in [-0.2, 0) is 6.54 Å². The monoisotopic (exact) mass is 472 g/mol. The minimum absolute atomic E-state index is 0.0944. The summed E-state index contributed by atoms with van der Waals surface area (Å²) in [5, 5.41) is 3.82. The Kier molecular flexibility index (Phi) is 7.77. The molecule has 0 saturated heterocycles. The molecule has 0 unspecified atom stereocenters. The first kappa shape index (κ1) is 23.6. The molecule has 0 fully saturated rings. The Balaban J connectivity index is 1.77. The van der Waals surface area contributed by atoms with E-state index in [1.807, 2.05) is 32.0 Å². The number of carbonyl (C=O) groups is 2. The predicted molar refractivity (Wildman–Crippen MR) is 128 cm³/mol. The molecule has 0 spiro atoms. The number of nitrogens with one attached hydrogen (secondary N) is 1. The third kappa shape index (κ3) is 5.23. The Hall–Kier alpha value is -3.03. The van der Waals surface area contributed by atoms with Crippen molar-refractivity contribution < 1.29 is 19.1 Å². The van der Waals surface area contributed by atoms with E-state index in [0.29, 0.717) is 45.1 Å². The van der Waals surface area contributed by atoms with Crippen molar-refractivity contribution in [1.82, 2.24) is 4.90 Å². The summed E-state index contributed by atoms with van der Waals surface area (Å²) in [4.78, 5) is 28.1. The fourth-order valence-corrected chi connectivity index (χ4v) is 4.51. The molecule has 3 aromatic rings. The van der Waals surface area contributed by atoms with E-state index in [0.717, 1.165) is 11.1 Å². The van der Waals surface area contributed by atoms with Crippen molar-refractivity contribution in [2.75, 3.05) is 26.1 Å². The summed E-state index contributed by atoms with van der Waals surface area (Å²) < 4.78 is 10.6. The normalized spacial score (nSPS) is 10.5. The van der Waals surface area contributed by atoms with Crippen molar-refractivity contribution in [3.63, 3.8) is 0 Å². The van der Waals surface area contributed by atoms with Crippen LogP contribution in [0.5, 0.6) is 11.5 Å². The Bertz CT molecular complexity index is 1130. The average Bonchev–Trinajstić information content (AvgIpc) is 3.16. The van der Waals surface area contributed by atoms with Gasteiger partial charge in [-0.25, -0.2) is 0 Å². The van der Waals surface area contributed by atoms with E-state index in [9.17, 15) is 9.59 Å². The average molecular weight is 473 g/mol. The van der Waals surface area contributed by atoms with Crippen LogP contribution in [0, 0.1) is 6.92 Å². The lowest BCUT2D eigenvalue weighted by Gasteiger charge is -2.21. The Morgan fingerprint density at radius 1 is 1.06 bits per heavy atom. The second-order valence-corrected chi connectivity index (χ2v) is 8.52. The fraction of sp³-hybridized carbons (Fsp3) is 0.250. The van der Waals surface area contributed by atoms with Gasteiger partial charge in [-0.15, -0.1) is 11.3 Å². The quantitative estimate of drug-likeness (QED) is 0.460. The first-order valence-electron chi connectivity index (χ1n) is 10.0. The maximum Gasteiger partial charge on any atom is 0.264 e. The van der Waals surface area contributed by atoms with Crippen molar-refractivity contribution in [3.05, 3.63) is 75.1 Å². The Labute approximate surface area is 196 Å². The topological polar surface area (TPSA) is 67.9 Å². The van der Waals surface area contributed by atoms with Crippen LogP contribution in [0.25, 0.3) is 0 Å². The summed E-state index contributed by atoms with van der Waals surface area (Å²) in [6.07, 6.45) is 0. The number of anilines is 1. The molecular weight excluding hydrogens is 448 g/mol. The summed E-state index contributed by atoms with van der Waals surface area (Å²) in [5.74, 6) is 0.848. The van der Waals surface area contributed by atoms with Gasteiger partial charge in [0, 0.05) is 13.1 Å². The molecule has 6 nitrogen and oxygen atoms in total. The van der Waals surface area contributed by atoms with E-state index < -0.39 is 0 Å². The molecule has 0 aliphatic rings. The molecule has 0 saturated carbocycles. The number of amides is 2. The standard InChI is InChI=1S/C24H25ClN2O4S/c1-5-27(14-16-10-11-19(30-3)20(13-16)31-4)24(29)22-15(2)12-21(32-22)26-23(28)17-8-6-7-9-18(17)25/h6-13H,5,14H2,1-4H3,(H,26,28). The van der Waals surface area contributed by atoms with E-state index in [2.05, 4.69) is 5.32 Å². The number of aryl methyl sites for hydroxylation is 1. The van der Waals surface area contributed by atoms with E-state index >= 15 is 0 Å². The van der Waals surface area contributed by atoms with E-state index in [4.69, 9.17) is 21.1 Å². The molecule has 0 aliphatic heterocycles. The van der Waals surface area contributed by atoms with Gasteiger partial charge in [0.15, 0.2) is 11.5 Å². The van der Waals surface area contributed by atoms with Gasteiger partial charge in [0.1, 0.15) is 0 Å². The second kappa shape index (κ2) is 10.5. The molecule has 0 radical (unpaired) electrons. The van der Waals surface area contributed by atoms with Crippen LogP contribution in [0.1, 0.15) is 38.1 Å². The van der Waals surface area contributed by atoms with Crippen LogP contribution in [0.3, 0.4) is 0 Å². The summed E-state index contributed by atoms with van der Waals surface area (Å²) in [7, 11) is 3.17. The van der Waals surface area contributed by atoms with Crippen LogP contribution in [0.4, 0.5) is 5.00 Å². The SMILES string of the molecule is CCN(Cc1ccc(OC)c(OC)c1)C(=O)c1sc(NC(=O)c2ccccc2Cl)cc1C. The minimum atomic E-state index is -0.312. The van der Waals surface area contributed by atoms with E-state index in [1.54, 1.807) is 49.5 Å². The lowest BCUT2D eigenvalue weighted by atomic mass is 10.1. The lowest BCUT2D eigenvalue weighted by Crippen LogP contribution is -2.30. The highest BCUT2D eigenvalue weighted by atomic mass is 35.5. The molecule has 2 aromatic carbocycles. The third-order valence-electron chi connectivity index (χ3n) is 4.96. The largest absolute Gasteiger partial charge is 0.493 e. The van der Waals surface area contributed by atoms with Crippen molar-refractivity contribution in [2.24, 2.45) is 0 Å². The fourth-order valence-electron chi connectivity index (χ4n) is 3.25. The van der Waals surface area contributed by atoms with Crippen LogP contribution in [0.15, 0.2) is 48.5 Å². The van der Waals surface area contributed by atoms with Gasteiger partial charge in [0.2, 0.25) is 0 Å². The maximum absolute atomic E-state index is 13.2. The number of methoxy groups -OCH3 is 2. The zero-order valence-electron chi connectivity index (χ0n) is 18.4. The van der Waals surface area contributed by atoms with E-state index in [-0.39, 0.29) is 11.8 Å². The molecule has 8 heteroatoms. The van der Waals surface area contributed by atoms with E-state index in [1.165, 1.54) is 11.3 Å². The zero-order chi connectivity index (χ0) is 23.3. The van der Waals surface area contributed by atoms with Gasteiger partial charge < -0.3 is 19.7 Å². The van der Waals surface area contributed by atoms with Gasteiger partial charge >= 0.3 is 0 Å². The molecule has 2 amide bonds. The summed E-state index contributed by atoms with van der Waals surface area (Å²) in [5.41, 5.74) is 2.12. The van der Waals surface area contributed by atoms with Gasteiger partial charge in [0.05, 0.1) is 34.7 Å². The molecule has 0 atom stereocenters. The van der Waals surface area contributed by atoms with Crippen molar-refractivity contribution in [1.29, 1.82) is 0 Å². The molecule has 3 rings (SSSR count). The molecule has 168 valence electrons. The lowest BCUT2D eigenvalue weighted by molar-refractivity contribution is 0.0756. The molecule has 0 aliphatic carbocycles. The number of thiophene rings is 1. The predicted octanol–water partition coefficient (Wildman–Crippen LogP) is 5.64. The number of rotatable bonds is 8. The smallest absolute Gasteiger partial charge is 0.264 e. The van der Waals surface area contributed by atoms with Crippen LogP contribution in [0.2, 0.25) is 5.02 Å². The number of nitrogens with zero attached hydrogens (tertiary/aromatic N) is 1. The molecule has 1 aromatic heterocycles. The third-order valence-corrected chi connectivity index (χ3v) is 6.43. The molecule has 1 heterocycles. The summed E-state index contributed by atoms with van der Waals surface area (Å²) in [6.45, 7) is 4.75. The minimum Gasteiger partial charge on any atom is -0.493 e. The van der Waals surface area contributed by atoms with Crippen LogP contribution >= 0.6 is 22.9 Å². The highest BCUT2D eigenvalue weighted by Crippen LogP contribution is 2.31. The number of hydrogen-bond acceptors (Lipinski definition) is 5. The molecule has 1 N–H and O–H groups in total. The summed E-state index contributed by atoms with van der Waals surface area (Å²) >= 11 is 7.37. The first-order valence-corrected chi connectivity index (χ1v) is 11.2. The highest BCUT2D eigenvalue weighted by molar-refractivity contribution is 7.18. The van der Waals surface area contributed by atoms with Crippen molar-refractivity contribution in [3.8, 4) is 11.5 Å².